The highest BCUT2D eigenvalue weighted by atomic mass is 35.5. The molecule has 0 spiro atoms. The molecule has 2 aromatic heterocycles. The number of nitrogens with one attached hydrogen (secondary N) is 2. The lowest BCUT2D eigenvalue weighted by Crippen LogP contribution is -2.35. The summed E-state index contributed by atoms with van der Waals surface area (Å²) < 4.78 is 23.7. The van der Waals surface area contributed by atoms with Gasteiger partial charge in [-0.3, -0.25) is 9.97 Å². The summed E-state index contributed by atoms with van der Waals surface area (Å²) in [4.78, 5) is 13.8. The van der Waals surface area contributed by atoms with Crippen molar-refractivity contribution in [2.24, 2.45) is 11.8 Å². The van der Waals surface area contributed by atoms with Crippen LogP contribution in [0.5, 0.6) is 11.5 Å². The average molecular weight is 856 g/mol. The fourth-order valence-corrected chi connectivity index (χ4v) is 9.06. The summed E-state index contributed by atoms with van der Waals surface area (Å²) in [5.74, 6) is 3.23. The molecule has 0 bridgehead atoms. The lowest BCUT2D eigenvalue weighted by atomic mass is 9.93. The maximum absolute atomic E-state index is 6.01. The minimum absolute atomic E-state index is 0. The van der Waals surface area contributed by atoms with E-state index in [1.807, 2.05) is 36.9 Å². The molecule has 10 nitrogen and oxygen atoms in total. The van der Waals surface area contributed by atoms with Crippen molar-refractivity contribution in [3.8, 4) is 11.5 Å². The molecule has 332 valence electrons. The standard InChI is InChI=1S/2C25H35N3O2.ClH/c2*1-2-7-22(8-3-1)19-29-14-6-10-21-9-5-13-28(18-21)24-15-25(17-26-16-24)30-20-23-11-4-12-27-23;/h2*1-3,7-8,15-17,21,23,27H,4-6,9-14,18-20H2;1H/t2*21-,23-;/m00./s1. The van der Waals surface area contributed by atoms with Crippen molar-refractivity contribution in [1.29, 1.82) is 0 Å². The quantitative estimate of drug-likeness (QED) is 0.0839. The first-order valence-electron chi connectivity index (χ1n) is 23.1. The van der Waals surface area contributed by atoms with Gasteiger partial charge in [-0.05, 0) is 113 Å². The lowest BCUT2D eigenvalue weighted by Gasteiger charge is -2.34. The monoisotopic (exact) mass is 855 g/mol. The highest BCUT2D eigenvalue weighted by Gasteiger charge is 2.23. The van der Waals surface area contributed by atoms with Gasteiger partial charge >= 0.3 is 0 Å². The molecule has 0 aliphatic carbocycles. The van der Waals surface area contributed by atoms with E-state index < -0.39 is 0 Å². The predicted molar refractivity (Wildman–Crippen MR) is 249 cm³/mol. The van der Waals surface area contributed by atoms with Crippen LogP contribution in [0.4, 0.5) is 11.4 Å². The van der Waals surface area contributed by atoms with Gasteiger partial charge in [-0.2, -0.15) is 0 Å². The van der Waals surface area contributed by atoms with Gasteiger partial charge in [0.25, 0.3) is 0 Å². The second kappa shape index (κ2) is 26.5. The van der Waals surface area contributed by atoms with Crippen LogP contribution >= 0.6 is 12.4 Å². The number of pyridine rings is 2. The molecule has 4 saturated heterocycles. The molecular formula is C50H71ClN6O4. The Labute approximate surface area is 371 Å². The number of piperidine rings is 2. The van der Waals surface area contributed by atoms with E-state index in [-0.39, 0.29) is 12.4 Å². The maximum atomic E-state index is 6.01. The Kier molecular flexibility index (Phi) is 20.2. The number of benzene rings is 2. The molecule has 0 unspecified atom stereocenters. The molecule has 61 heavy (non-hydrogen) atoms. The van der Waals surface area contributed by atoms with Gasteiger partial charge in [-0.1, -0.05) is 60.7 Å². The van der Waals surface area contributed by atoms with Gasteiger partial charge in [0.15, 0.2) is 0 Å². The average Bonchev–Trinajstić information content (AvgIpc) is 4.05. The van der Waals surface area contributed by atoms with Gasteiger partial charge in [0.1, 0.15) is 24.7 Å². The first kappa shape index (κ1) is 46.6. The number of aromatic nitrogens is 2. The summed E-state index contributed by atoms with van der Waals surface area (Å²) in [7, 11) is 0. The third kappa shape index (κ3) is 16.4. The third-order valence-corrected chi connectivity index (χ3v) is 12.4. The summed E-state index contributed by atoms with van der Waals surface area (Å²) in [5.41, 5.74) is 4.88. The highest BCUT2D eigenvalue weighted by Crippen LogP contribution is 2.29. The van der Waals surface area contributed by atoms with E-state index in [0.29, 0.717) is 25.3 Å². The Morgan fingerprint density at radius 2 is 1.02 bits per heavy atom. The Balaban J connectivity index is 0.000000201. The molecule has 4 aliphatic rings. The third-order valence-electron chi connectivity index (χ3n) is 12.4. The van der Waals surface area contributed by atoms with E-state index >= 15 is 0 Å². The fourth-order valence-electron chi connectivity index (χ4n) is 9.06. The van der Waals surface area contributed by atoms with E-state index in [9.17, 15) is 0 Å². The van der Waals surface area contributed by atoms with Gasteiger partial charge in [0.05, 0.1) is 49.4 Å². The zero-order chi connectivity index (χ0) is 40.9. The lowest BCUT2D eigenvalue weighted by molar-refractivity contribution is 0.113. The largest absolute Gasteiger partial charge is 0.490 e. The first-order valence-corrected chi connectivity index (χ1v) is 23.1. The van der Waals surface area contributed by atoms with Crippen LogP contribution in [0.3, 0.4) is 0 Å². The van der Waals surface area contributed by atoms with Gasteiger partial charge in [0, 0.05) is 63.6 Å². The van der Waals surface area contributed by atoms with E-state index in [1.54, 1.807) is 0 Å². The van der Waals surface area contributed by atoms with Crippen molar-refractivity contribution in [2.75, 3.05) is 75.5 Å². The first-order chi connectivity index (χ1) is 29.7. The smallest absolute Gasteiger partial charge is 0.139 e. The second-order valence-corrected chi connectivity index (χ2v) is 17.2. The normalized spacial score (nSPS) is 21.3. The Morgan fingerprint density at radius 1 is 0.557 bits per heavy atom. The minimum atomic E-state index is 0. The number of ether oxygens (including phenoxy) is 4. The summed E-state index contributed by atoms with van der Waals surface area (Å²) >= 11 is 0. The van der Waals surface area contributed by atoms with Crippen molar-refractivity contribution in [1.82, 2.24) is 20.6 Å². The van der Waals surface area contributed by atoms with Crippen LogP contribution < -0.4 is 29.9 Å². The topological polar surface area (TPSA) is 93.2 Å². The summed E-state index contributed by atoms with van der Waals surface area (Å²) in [6, 6.07) is 26.1. The SMILES string of the molecule is Cl.c1ccc(COCCC[C@@H]2CCCN(c3cncc(OC[C@@H]4CCCN4)c3)C2)cc1.c1ccc(COCCC[C@@H]2CCCN(c3cncc(OC[C@@H]4CCCN4)c3)C2)cc1. The van der Waals surface area contributed by atoms with Gasteiger partial charge in [-0.25, -0.2) is 0 Å². The van der Waals surface area contributed by atoms with Crippen molar-refractivity contribution < 1.29 is 18.9 Å². The molecule has 0 amide bonds. The molecule has 4 aliphatic heterocycles. The molecule has 4 atom stereocenters. The summed E-state index contributed by atoms with van der Waals surface area (Å²) in [5, 5.41) is 6.96. The number of anilines is 2. The van der Waals surface area contributed by atoms with Crippen molar-refractivity contribution in [3.63, 3.8) is 0 Å². The Hall–Kier alpha value is -3.93. The van der Waals surface area contributed by atoms with Crippen LogP contribution in [0, 0.1) is 11.8 Å². The molecule has 2 N–H and O–H groups in total. The second-order valence-electron chi connectivity index (χ2n) is 17.2. The maximum Gasteiger partial charge on any atom is 0.139 e. The molecule has 0 saturated carbocycles. The van der Waals surface area contributed by atoms with E-state index in [2.05, 4.69) is 91.1 Å². The van der Waals surface area contributed by atoms with Gasteiger partial charge in [-0.15, -0.1) is 12.4 Å². The predicted octanol–water partition coefficient (Wildman–Crippen LogP) is 9.27. The van der Waals surface area contributed by atoms with Crippen LogP contribution in [0.25, 0.3) is 0 Å². The van der Waals surface area contributed by atoms with Crippen molar-refractivity contribution >= 4 is 23.8 Å². The Bertz CT molecular complexity index is 1630. The highest BCUT2D eigenvalue weighted by molar-refractivity contribution is 5.85. The number of nitrogens with zero attached hydrogens (tertiary/aromatic N) is 4. The summed E-state index contributed by atoms with van der Waals surface area (Å²) in [6.07, 6.45) is 22.3. The van der Waals surface area contributed by atoms with Gasteiger partial charge in [0.2, 0.25) is 0 Å². The molecule has 8 rings (SSSR count). The molecule has 4 fully saturated rings. The molecule has 0 radical (unpaired) electrons. The zero-order valence-electron chi connectivity index (χ0n) is 36.3. The molecule has 6 heterocycles. The Morgan fingerprint density at radius 3 is 1.44 bits per heavy atom. The number of hydrogen-bond acceptors (Lipinski definition) is 10. The van der Waals surface area contributed by atoms with E-state index in [4.69, 9.17) is 18.9 Å². The number of hydrogen-bond donors (Lipinski definition) is 2. The zero-order valence-corrected chi connectivity index (χ0v) is 37.2. The molecule has 11 heteroatoms. The van der Waals surface area contributed by atoms with Crippen LogP contribution in [-0.4, -0.2) is 87.7 Å². The fraction of sp³-hybridized carbons (Fsp3) is 0.560. The van der Waals surface area contributed by atoms with E-state index in [1.165, 1.54) is 86.7 Å². The van der Waals surface area contributed by atoms with Crippen LogP contribution in [0.2, 0.25) is 0 Å². The van der Waals surface area contributed by atoms with Crippen LogP contribution in [0.15, 0.2) is 97.6 Å². The number of halogens is 1. The van der Waals surface area contributed by atoms with E-state index in [0.717, 1.165) is 102 Å². The van der Waals surface area contributed by atoms with Crippen molar-refractivity contribution in [3.05, 3.63) is 109 Å². The summed E-state index contributed by atoms with van der Waals surface area (Å²) in [6.45, 7) is 11.2. The molecule has 2 aromatic carbocycles. The van der Waals surface area contributed by atoms with Gasteiger partial charge < -0.3 is 39.4 Å². The molecular weight excluding hydrogens is 784 g/mol. The van der Waals surface area contributed by atoms with Crippen molar-refractivity contribution in [2.45, 2.75) is 102 Å². The number of rotatable bonds is 20. The minimum Gasteiger partial charge on any atom is -0.490 e. The van der Waals surface area contributed by atoms with Crippen LogP contribution in [0.1, 0.15) is 88.2 Å². The molecule has 4 aromatic rings. The van der Waals surface area contributed by atoms with Crippen LogP contribution in [-0.2, 0) is 22.7 Å².